The molecule has 0 aliphatic carbocycles. The van der Waals surface area contributed by atoms with Crippen LogP contribution in [0.3, 0.4) is 0 Å². The van der Waals surface area contributed by atoms with E-state index in [0.717, 1.165) is 12.1 Å². The first-order valence-electron chi connectivity index (χ1n) is 5.57. The normalized spacial score (nSPS) is 13.3. The van der Waals surface area contributed by atoms with Crippen LogP contribution in [0.25, 0.3) is 0 Å². The van der Waals surface area contributed by atoms with Gasteiger partial charge in [0.15, 0.2) is 0 Å². The van der Waals surface area contributed by atoms with E-state index in [-0.39, 0.29) is 0 Å². The van der Waals surface area contributed by atoms with Crippen molar-refractivity contribution >= 4 is 11.6 Å². The number of benzene rings is 2. The molecule has 0 fully saturated rings. The number of hydrogen-bond donors (Lipinski definition) is 1. The molecule has 1 atom stereocenters. The predicted octanol–water partition coefficient (Wildman–Crippen LogP) is 4.41. The molecule has 0 spiro atoms. The van der Waals surface area contributed by atoms with Gasteiger partial charge in [0.25, 0.3) is 0 Å². The first-order chi connectivity index (χ1) is 8.89. The monoisotopic (exact) mass is 285 g/mol. The Bertz CT molecular complexity index is 564. The zero-order chi connectivity index (χ0) is 14.0. The summed E-state index contributed by atoms with van der Waals surface area (Å²) in [5.41, 5.74) is 6.59. The molecular formula is C14H11ClF3N. The fraction of sp³-hybridized carbons (Fsp3) is 0.143. The summed E-state index contributed by atoms with van der Waals surface area (Å²) < 4.78 is 37.4. The Hall–Kier alpha value is -1.52. The van der Waals surface area contributed by atoms with Crippen LogP contribution < -0.4 is 5.73 Å². The number of rotatable bonds is 2. The van der Waals surface area contributed by atoms with Gasteiger partial charge < -0.3 is 5.73 Å². The minimum atomic E-state index is -4.34. The van der Waals surface area contributed by atoms with E-state index >= 15 is 0 Å². The van der Waals surface area contributed by atoms with Crippen LogP contribution in [-0.2, 0) is 6.18 Å². The Balaban J connectivity index is 2.31. The molecule has 0 aromatic heterocycles. The van der Waals surface area contributed by atoms with Crippen LogP contribution in [0.4, 0.5) is 13.2 Å². The Morgan fingerprint density at radius 2 is 1.53 bits per heavy atom. The van der Waals surface area contributed by atoms with Crippen LogP contribution >= 0.6 is 11.6 Å². The van der Waals surface area contributed by atoms with Gasteiger partial charge in [-0.3, -0.25) is 0 Å². The molecule has 2 N–H and O–H groups in total. The third-order valence-electron chi connectivity index (χ3n) is 2.84. The number of nitrogens with two attached hydrogens (primary N) is 1. The van der Waals surface area contributed by atoms with Crippen molar-refractivity contribution in [3.05, 3.63) is 70.2 Å². The highest BCUT2D eigenvalue weighted by molar-refractivity contribution is 6.31. The Kier molecular flexibility index (Phi) is 3.83. The van der Waals surface area contributed by atoms with E-state index in [0.29, 0.717) is 16.1 Å². The maximum atomic E-state index is 12.5. The van der Waals surface area contributed by atoms with Crippen LogP contribution in [0.2, 0.25) is 5.02 Å². The lowest BCUT2D eigenvalue weighted by Crippen LogP contribution is -2.13. The van der Waals surface area contributed by atoms with E-state index in [1.54, 1.807) is 24.3 Å². The fourth-order valence-corrected chi connectivity index (χ4v) is 2.04. The summed E-state index contributed by atoms with van der Waals surface area (Å²) in [5, 5.41) is 0.495. The molecule has 0 amide bonds. The van der Waals surface area contributed by atoms with Gasteiger partial charge in [-0.15, -0.1) is 0 Å². The highest BCUT2D eigenvalue weighted by Gasteiger charge is 2.30. The molecule has 19 heavy (non-hydrogen) atoms. The molecule has 0 aliphatic heterocycles. The van der Waals surface area contributed by atoms with Crippen molar-refractivity contribution in [3.63, 3.8) is 0 Å². The number of hydrogen-bond acceptors (Lipinski definition) is 1. The average molecular weight is 286 g/mol. The molecule has 0 heterocycles. The summed E-state index contributed by atoms with van der Waals surface area (Å²) in [5.74, 6) is 0. The van der Waals surface area contributed by atoms with Gasteiger partial charge in [0, 0.05) is 5.02 Å². The van der Waals surface area contributed by atoms with Crippen molar-refractivity contribution in [2.45, 2.75) is 12.2 Å². The van der Waals surface area contributed by atoms with Crippen LogP contribution in [0.5, 0.6) is 0 Å². The minimum absolute atomic E-state index is 0.495. The van der Waals surface area contributed by atoms with E-state index in [1.807, 2.05) is 0 Å². The van der Waals surface area contributed by atoms with Crippen LogP contribution in [-0.4, -0.2) is 0 Å². The lowest BCUT2D eigenvalue weighted by Gasteiger charge is -2.15. The maximum absolute atomic E-state index is 12.5. The van der Waals surface area contributed by atoms with Gasteiger partial charge in [-0.05, 0) is 29.3 Å². The second-order valence-corrected chi connectivity index (χ2v) is 4.53. The van der Waals surface area contributed by atoms with Crippen molar-refractivity contribution in [1.29, 1.82) is 0 Å². The van der Waals surface area contributed by atoms with Gasteiger partial charge in [0.1, 0.15) is 0 Å². The molecule has 0 saturated carbocycles. The van der Waals surface area contributed by atoms with Crippen molar-refractivity contribution in [2.24, 2.45) is 5.73 Å². The molecule has 0 aliphatic rings. The number of alkyl halides is 3. The highest BCUT2D eigenvalue weighted by Crippen LogP contribution is 2.31. The smallest absolute Gasteiger partial charge is 0.320 e. The van der Waals surface area contributed by atoms with Gasteiger partial charge in [-0.2, -0.15) is 13.2 Å². The zero-order valence-electron chi connectivity index (χ0n) is 9.79. The van der Waals surface area contributed by atoms with E-state index in [1.165, 1.54) is 12.1 Å². The van der Waals surface area contributed by atoms with E-state index in [2.05, 4.69) is 0 Å². The molecule has 0 radical (unpaired) electrons. The van der Waals surface area contributed by atoms with Crippen LogP contribution in [0, 0.1) is 0 Å². The Morgan fingerprint density at radius 1 is 0.947 bits per heavy atom. The summed E-state index contributed by atoms with van der Waals surface area (Å²) in [6.45, 7) is 0. The molecule has 5 heteroatoms. The Morgan fingerprint density at radius 3 is 2.05 bits per heavy atom. The second-order valence-electron chi connectivity index (χ2n) is 4.12. The van der Waals surface area contributed by atoms with Crippen molar-refractivity contribution in [1.82, 2.24) is 0 Å². The quantitative estimate of drug-likeness (QED) is 0.869. The Labute approximate surface area is 113 Å². The van der Waals surface area contributed by atoms with Gasteiger partial charge in [-0.25, -0.2) is 0 Å². The summed E-state index contributed by atoms with van der Waals surface area (Å²) in [6, 6.07) is 11.2. The molecule has 0 saturated heterocycles. The topological polar surface area (TPSA) is 26.0 Å². The first kappa shape index (κ1) is 13.9. The summed E-state index contributed by atoms with van der Waals surface area (Å²) in [6.07, 6.45) is -4.34. The van der Waals surface area contributed by atoms with Crippen molar-refractivity contribution in [3.8, 4) is 0 Å². The van der Waals surface area contributed by atoms with Crippen LogP contribution in [0.15, 0.2) is 48.5 Å². The predicted molar refractivity (Wildman–Crippen MR) is 68.9 cm³/mol. The molecular weight excluding hydrogens is 275 g/mol. The van der Waals surface area contributed by atoms with Gasteiger partial charge in [0.05, 0.1) is 11.6 Å². The van der Waals surface area contributed by atoms with Crippen LogP contribution in [0.1, 0.15) is 22.7 Å². The standard InChI is InChI=1S/C14H11ClF3N/c15-12-4-2-1-3-11(12)13(19)9-5-7-10(8-6-9)14(16,17)18/h1-8,13H,19H2. The largest absolute Gasteiger partial charge is 0.416 e. The average Bonchev–Trinajstić information content (AvgIpc) is 2.38. The van der Waals surface area contributed by atoms with Gasteiger partial charge in [-0.1, -0.05) is 41.9 Å². The van der Waals surface area contributed by atoms with Crippen molar-refractivity contribution in [2.75, 3.05) is 0 Å². The minimum Gasteiger partial charge on any atom is -0.320 e. The van der Waals surface area contributed by atoms with Gasteiger partial charge >= 0.3 is 6.18 Å². The summed E-state index contributed by atoms with van der Waals surface area (Å²) >= 11 is 6.01. The van der Waals surface area contributed by atoms with Gasteiger partial charge in [0.2, 0.25) is 0 Å². The van der Waals surface area contributed by atoms with Crippen molar-refractivity contribution < 1.29 is 13.2 Å². The summed E-state index contributed by atoms with van der Waals surface area (Å²) in [7, 11) is 0. The van der Waals surface area contributed by atoms with E-state index in [4.69, 9.17) is 17.3 Å². The lowest BCUT2D eigenvalue weighted by molar-refractivity contribution is -0.137. The second kappa shape index (κ2) is 5.23. The summed E-state index contributed by atoms with van der Waals surface area (Å²) in [4.78, 5) is 0. The highest BCUT2D eigenvalue weighted by atomic mass is 35.5. The van der Waals surface area contributed by atoms with E-state index in [9.17, 15) is 13.2 Å². The third kappa shape index (κ3) is 3.08. The molecule has 100 valence electrons. The molecule has 2 aromatic carbocycles. The third-order valence-corrected chi connectivity index (χ3v) is 3.18. The molecule has 0 bridgehead atoms. The molecule has 1 unspecified atom stereocenters. The van der Waals surface area contributed by atoms with E-state index < -0.39 is 17.8 Å². The lowest BCUT2D eigenvalue weighted by atomic mass is 9.98. The molecule has 2 rings (SSSR count). The molecule has 1 nitrogen and oxygen atoms in total. The first-order valence-corrected chi connectivity index (χ1v) is 5.94. The zero-order valence-corrected chi connectivity index (χ0v) is 10.5. The fourth-order valence-electron chi connectivity index (χ4n) is 1.79. The SMILES string of the molecule is NC(c1ccc(C(F)(F)F)cc1)c1ccccc1Cl. The number of halogens is 4. The molecule has 2 aromatic rings. The maximum Gasteiger partial charge on any atom is 0.416 e.